The van der Waals surface area contributed by atoms with Crippen LogP contribution in [-0.2, 0) is 14.3 Å². The van der Waals surface area contributed by atoms with Crippen molar-refractivity contribution in [3.8, 4) is 5.75 Å². The molecule has 2 rings (SSSR count). The Hall–Kier alpha value is -2.48. The molecule has 1 aliphatic heterocycles. The Labute approximate surface area is 163 Å². The summed E-state index contributed by atoms with van der Waals surface area (Å²) in [5, 5.41) is 5.95. The minimum absolute atomic E-state index is 0.0228. The van der Waals surface area contributed by atoms with E-state index in [0.717, 1.165) is 0 Å². The second kappa shape index (κ2) is 10.6. The van der Waals surface area contributed by atoms with E-state index in [1.807, 2.05) is 0 Å². The molecule has 0 atom stereocenters. The van der Waals surface area contributed by atoms with Gasteiger partial charge in [0.15, 0.2) is 6.61 Å². The van der Waals surface area contributed by atoms with E-state index in [0.29, 0.717) is 43.3 Å². The van der Waals surface area contributed by atoms with Gasteiger partial charge in [0.2, 0.25) is 5.91 Å². The second-order valence-electron chi connectivity index (χ2n) is 6.05. The quantitative estimate of drug-likeness (QED) is 0.728. The van der Waals surface area contributed by atoms with Crippen LogP contribution in [-0.4, -0.2) is 61.7 Å². The lowest BCUT2D eigenvalue weighted by molar-refractivity contribution is -0.127. The average molecular weight is 398 g/mol. The maximum absolute atomic E-state index is 12.0. The predicted octanol–water partition coefficient (Wildman–Crippen LogP) is 1.57. The zero-order chi connectivity index (χ0) is 19.6. The van der Waals surface area contributed by atoms with Gasteiger partial charge in [0.1, 0.15) is 5.75 Å². The van der Waals surface area contributed by atoms with Crippen molar-refractivity contribution in [3.05, 3.63) is 29.3 Å². The van der Waals surface area contributed by atoms with Crippen LogP contribution in [0.25, 0.3) is 0 Å². The van der Waals surface area contributed by atoms with Crippen LogP contribution in [0.2, 0.25) is 5.02 Å². The van der Waals surface area contributed by atoms with Crippen molar-refractivity contribution in [1.29, 1.82) is 0 Å². The molecule has 9 heteroatoms. The lowest BCUT2D eigenvalue weighted by atomic mass is 10.1. The van der Waals surface area contributed by atoms with Crippen LogP contribution in [0.15, 0.2) is 24.3 Å². The summed E-state index contributed by atoms with van der Waals surface area (Å²) in [6.45, 7) is 2.86. The third-order valence-corrected chi connectivity index (χ3v) is 4.27. The van der Waals surface area contributed by atoms with Gasteiger partial charge < -0.3 is 25.0 Å². The molecule has 1 aromatic carbocycles. The summed E-state index contributed by atoms with van der Waals surface area (Å²) in [5.74, 6) is -0.144. The molecule has 1 fully saturated rings. The molecule has 3 amide bonds. The number of benzene rings is 1. The van der Waals surface area contributed by atoms with Crippen molar-refractivity contribution in [2.45, 2.75) is 25.8 Å². The molecule has 0 radical (unpaired) electrons. The van der Waals surface area contributed by atoms with Crippen LogP contribution in [0.3, 0.4) is 0 Å². The zero-order valence-electron chi connectivity index (χ0n) is 15.2. The van der Waals surface area contributed by atoms with E-state index in [2.05, 4.69) is 10.6 Å². The molecule has 0 aliphatic carbocycles. The van der Waals surface area contributed by atoms with Crippen LogP contribution in [0.4, 0.5) is 4.79 Å². The fraction of sp³-hybridized carbons (Fsp3) is 0.500. The number of piperidine rings is 1. The molecule has 0 aromatic heterocycles. The molecule has 0 spiro atoms. The molecule has 1 aliphatic rings. The number of halogens is 1. The Kier molecular flexibility index (Phi) is 8.19. The van der Waals surface area contributed by atoms with Gasteiger partial charge in [0.05, 0.1) is 13.2 Å². The highest BCUT2D eigenvalue weighted by Crippen LogP contribution is 2.15. The standard InChI is InChI=1S/C18H24ClN3O5/c1-2-26-18(25)22-9-7-14(8-10-22)21-16(23)11-20-17(24)12-27-15-5-3-13(19)4-6-15/h3-6,14H,2,7-12H2,1H3,(H,20,24)(H,21,23). The first-order valence-corrected chi connectivity index (χ1v) is 9.22. The molecule has 0 unspecified atom stereocenters. The highest BCUT2D eigenvalue weighted by Gasteiger charge is 2.24. The summed E-state index contributed by atoms with van der Waals surface area (Å²) in [4.78, 5) is 37.0. The lowest BCUT2D eigenvalue weighted by Gasteiger charge is -2.31. The Morgan fingerprint density at radius 1 is 1.15 bits per heavy atom. The molecule has 2 N–H and O–H groups in total. The van der Waals surface area contributed by atoms with Crippen molar-refractivity contribution in [2.75, 3.05) is 32.8 Å². The van der Waals surface area contributed by atoms with E-state index in [-0.39, 0.29) is 31.2 Å². The number of ether oxygens (including phenoxy) is 2. The molecule has 8 nitrogen and oxygen atoms in total. The third kappa shape index (κ3) is 7.34. The van der Waals surface area contributed by atoms with Crippen LogP contribution >= 0.6 is 11.6 Å². The summed E-state index contributed by atoms with van der Waals surface area (Å²) in [7, 11) is 0. The first kappa shape index (κ1) is 20.8. The number of likely N-dealkylation sites (tertiary alicyclic amines) is 1. The van der Waals surface area contributed by atoms with Crippen LogP contribution < -0.4 is 15.4 Å². The van der Waals surface area contributed by atoms with Gasteiger partial charge in [-0.05, 0) is 44.0 Å². The SMILES string of the molecule is CCOC(=O)N1CCC(NC(=O)CNC(=O)COc2ccc(Cl)cc2)CC1. The van der Waals surface area contributed by atoms with Crippen molar-refractivity contribution in [2.24, 2.45) is 0 Å². The van der Waals surface area contributed by atoms with Crippen LogP contribution in [0.1, 0.15) is 19.8 Å². The van der Waals surface area contributed by atoms with Gasteiger partial charge >= 0.3 is 6.09 Å². The first-order valence-electron chi connectivity index (χ1n) is 8.84. The van der Waals surface area contributed by atoms with Gasteiger partial charge in [-0.15, -0.1) is 0 Å². The first-order chi connectivity index (χ1) is 13.0. The number of carbonyl (C=O) groups is 3. The fourth-order valence-corrected chi connectivity index (χ4v) is 2.74. The smallest absolute Gasteiger partial charge is 0.409 e. The number of hydrogen-bond acceptors (Lipinski definition) is 5. The van der Waals surface area contributed by atoms with E-state index in [9.17, 15) is 14.4 Å². The van der Waals surface area contributed by atoms with Gasteiger partial charge in [0.25, 0.3) is 5.91 Å². The molecular formula is C18H24ClN3O5. The number of carbonyl (C=O) groups excluding carboxylic acids is 3. The monoisotopic (exact) mass is 397 g/mol. The minimum Gasteiger partial charge on any atom is -0.484 e. The number of amides is 3. The van der Waals surface area contributed by atoms with Gasteiger partial charge in [0, 0.05) is 24.2 Å². The summed E-state index contributed by atoms with van der Waals surface area (Å²) in [6, 6.07) is 6.62. The summed E-state index contributed by atoms with van der Waals surface area (Å²) < 4.78 is 10.3. The second-order valence-corrected chi connectivity index (χ2v) is 6.48. The van der Waals surface area contributed by atoms with Gasteiger partial charge in [-0.2, -0.15) is 0 Å². The lowest BCUT2D eigenvalue weighted by Crippen LogP contribution is -2.49. The Balaban J connectivity index is 1.61. The number of hydrogen-bond donors (Lipinski definition) is 2. The van der Waals surface area contributed by atoms with Crippen molar-refractivity contribution < 1.29 is 23.9 Å². The molecule has 27 heavy (non-hydrogen) atoms. The van der Waals surface area contributed by atoms with Gasteiger partial charge in [-0.25, -0.2) is 4.79 Å². The van der Waals surface area contributed by atoms with Gasteiger partial charge in [-0.3, -0.25) is 9.59 Å². The highest BCUT2D eigenvalue weighted by molar-refractivity contribution is 6.30. The van der Waals surface area contributed by atoms with Crippen molar-refractivity contribution in [1.82, 2.24) is 15.5 Å². The largest absolute Gasteiger partial charge is 0.484 e. The summed E-state index contributed by atoms with van der Waals surface area (Å²) >= 11 is 5.77. The fourth-order valence-electron chi connectivity index (χ4n) is 2.61. The van der Waals surface area contributed by atoms with Crippen LogP contribution in [0, 0.1) is 0 Å². The van der Waals surface area contributed by atoms with E-state index in [1.54, 1.807) is 36.1 Å². The minimum atomic E-state index is -0.391. The number of rotatable bonds is 7. The van der Waals surface area contributed by atoms with Crippen molar-refractivity contribution in [3.63, 3.8) is 0 Å². The van der Waals surface area contributed by atoms with E-state index < -0.39 is 5.91 Å². The number of nitrogens with zero attached hydrogens (tertiary/aromatic N) is 1. The zero-order valence-corrected chi connectivity index (χ0v) is 16.0. The van der Waals surface area contributed by atoms with E-state index >= 15 is 0 Å². The van der Waals surface area contributed by atoms with Crippen LogP contribution in [0.5, 0.6) is 5.75 Å². The normalized spacial score (nSPS) is 14.4. The maximum atomic E-state index is 12.0. The Morgan fingerprint density at radius 2 is 1.81 bits per heavy atom. The summed E-state index contributed by atoms with van der Waals surface area (Å²) in [6.07, 6.45) is 0.978. The van der Waals surface area contributed by atoms with Crippen molar-refractivity contribution >= 4 is 29.5 Å². The molecule has 0 bridgehead atoms. The third-order valence-electron chi connectivity index (χ3n) is 4.02. The molecule has 148 valence electrons. The van der Waals surface area contributed by atoms with E-state index in [1.165, 1.54) is 0 Å². The average Bonchev–Trinajstić information content (AvgIpc) is 2.66. The maximum Gasteiger partial charge on any atom is 0.409 e. The summed E-state index contributed by atoms with van der Waals surface area (Å²) in [5.41, 5.74) is 0. The predicted molar refractivity (Wildman–Crippen MR) is 99.7 cm³/mol. The van der Waals surface area contributed by atoms with Gasteiger partial charge in [-0.1, -0.05) is 11.6 Å². The number of nitrogens with one attached hydrogen (secondary N) is 2. The highest BCUT2D eigenvalue weighted by atomic mass is 35.5. The Morgan fingerprint density at radius 3 is 2.44 bits per heavy atom. The molecule has 0 saturated carbocycles. The molecule has 1 saturated heterocycles. The topological polar surface area (TPSA) is 97.0 Å². The molecule has 1 heterocycles. The Bertz CT molecular complexity index is 645. The van der Waals surface area contributed by atoms with E-state index in [4.69, 9.17) is 21.1 Å². The molecular weight excluding hydrogens is 374 g/mol. The molecule has 1 aromatic rings.